The number of benzene rings is 1. The molecule has 1 N–H and O–H groups in total. The summed E-state index contributed by atoms with van der Waals surface area (Å²) < 4.78 is 7.27. The van der Waals surface area contributed by atoms with Crippen LogP contribution in [0.25, 0.3) is 6.08 Å². The minimum absolute atomic E-state index is 0.0189. The Labute approximate surface area is 155 Å². The van der Waals surface area contributed by atoms with Crippen molar-refractivity contribution in [3.05, 3.63) is 52.9 Å². The van der Waals surface area contributed by atoms with Gasteiger partial charge in [-0.15, -0.1) is 0 Å². The largest absolute Gasteiger partial charge is 0.496 e. The third kappa shape index (κ3) is 4.52. The number of nitrogens with one attached hydrogen (secondary N) is 1. The molecule has 0 aliphatic carbocycles. The highest BCUT2D eigenvalue weighted by Gasteiger charge is 2.18. The van der Waals surface area contributed by atoms with Crippen molar-refractivity contribution >= 4 is 12.0 Å². The van der Waals surface area contributed by atoms with E-state index >= 15 is 0 Å². The van der Waals surface area contributed by atoms with E-state index < -0.39 is 0 Å². The number of aryl methyl sites for hydroxylation is 2. The van der Waals surface area contributed by atoms with Gasteiger partial charge in [0.1, 0.15) is 5.75 Å². The molecule has 0 radical (unpaired) electrons. The van der Waals surface area contributed by atoms with Crippen molar-refractivity contribution < 1.29 is 9.53 Å². The molecule has 1 amide bonds. The van der Waals surface area contributed by atoms with Crippen LogP contribution in [0.15, 0.2) is 30.3 Å². The zero-order valence-corrected chi connectivity index (χ0v) is 16.4. The Morgan fingerprint density at radius 1 is 1.35 bits per heavy atom. The van der Waals surface area contributed by atoms with Crippen molar-refractivity contribution in [1.29, 1.82) is 0 Å². The Balaban J connectivity index is 2.07. The molecule has 1 atom stereocenters. The number of carbonyl (C=O) groups excluding carboxylic acids is 1. The summed E-state index contributed by atoms with van der Waals surface area (Å²) in [7, 11) is 7.53. The fourth-order valence-electron chi connectivity index (χ4n) is 2.96. The zero-order valence-electron chi connectivity index (χ0n) is 16.4. The van der Waals surface area contributed by atoms with Crippen LogP contribution in [0.4, 0.5) is 0 Å². The Morgan fingerprint density at radius 3 is 2.62 bits per heavy atom. The molecule has 0 aliphatic heterocycles. The molecular formula is C20H28N4O2. The second-order valence-corrected chi connectivity index (χ2v) is 6.51. The number of likely N-dealkylation sites (N-methyl/N-ethyl adjacent to an activating group) is 1. The number of aromatic nitrogens is 2. The maximum absolute atomic E-state index is 12.3. The lowest BCUT2D eigenvalue weighted by molar-refractivity contribution is -0.116. The average Bonchev–Trinajstić information content (AvgIpc) is 2.85. The monoisotopic (exact) mass is 356 g/mol. The average molecular weight is 356 g/mol. The predicted octanol–water partition coefficient (Wildman–Crippen LogP) is 2.48. The Morgan fingerprint density at radius 2 is 2.04 bits per heavy atom. The van der Waals surface area contributed by atoms with Gasteiger partial charge in [-0.2, -0.15) is 5.10 Å². The molecule has 1 aromatic carbocycles. The lowest BCUT2D eigenvalue weighted by atomic mass is 10.0. The normalized spacial score (nSPS) is 12.6. The fraction of sp³-hybridized carbons (Fsp3) is 0.400. The Hall–Kier alpha value is -2.60. The molecule has 0 aliphatic rings. The number of amides is 1. The number of para-hydroxylation sites is 1. The van der Waals surface area contributed by atoms with E-state index in [0.717, 1.165) is 28.3 Å². The van der Waals surface area contributed by atoms with E-state index in [1.807, 2.05) is 70.0 Å². The molecule has 2 aromatic rings. The summed E-state index contributed by atoms with van der Waals surface area (Å²) in [4.78, 5) is 14.4. The summed E-state index contributed by atoms with van der Waals surface area (Å²) in [5, 5.41) is 7.34. The fourth-order valence-corrected chi connectivity index (χ4v) is 2.96. The number of hydrogen-bond acceptors (Lipinski definition) is 4. The van der Waals surface area contributed by atoms with Gasteiger partial charge in [0.2, 0.25) is 5.91 Å². The molecular weight excluding hydrogens is 328 g/mol. The van der Waals surface area contributed by atoms with E-state index in [1.54, 1.807) is 13.2 Å². The van der Waals surface area contributed by atoms with Crippen LogP contribution in [0.2, 0.25) is 0 Å². The van der Waals surface area contributed by atoms with E-state index in [-0.39, 0.29) is 11.9 Å². The lowest BCUT2D eigenvalue weighted by Crippen LogP contribution is -2.34. The minimum atomic E-state index is -0.130. The lowest BCUT2D eigenvalue weighted by Gasteiger charge is -2.26. The van der Waals surface area contributed by atoms with Gasteiger partial charge in [-0.3, -0.25) is 9.48 Å². The van der Waals surface area contributed by atoms with Crippen molar-refractivity contribution in [3.63, 3.8) is 0 Å². The van der Waals surface area contributed by atoms with Gasteiger partial charge < -0.3 is 15.0 Å². The van der Waals surface area contributed by atoms with E-state index in [2.05, 4.69) is 15.3 Å². The number of ether oxygens (including phenoxy) is 1. The maximum Gasteiger partial charge on any atom is 0.244 e. The molecule has 1 heterocycles. The quantitative estimate of drug-likeness (QED) is 0.775. The number of hydrogen-bond donors (Lipinski definition) is 1. The molecule has 1 unspecified atom stereocenters. The number of methoxy groups -OCH3 is 1. The Kier molecular flexibility index (Phi) is 6.58. The highest BCUT2D eigenvalue weighted by molar-refractivity contribution is 5.92. The van der Waals surface area contributed by atoms with Crippen LogP contribution in [0, 0.1) is 13.8 Å². The molecule has 26 heavy (non-hydrogen) atoms. The van der Waals surface area contributed by atoms with Gasteiger partial charge in [-0.25, -0.2) is 0 Å². The first-order valence-corrected chi connectivity index (χ1v) is 8.60. The van der Waals surface area contributed by atoms with Gasteiger partial charge in [0.05, 0.1) is 18.8 Å². The van der Waals surface area contributed by atoms with E-state index in [0.29, 0.717) is 6.54 Å². The Bertz CT molecular complexity index is 793. The van der Waals surface area contributed by atoms with Crippen molar-refractivity contribution in [3.8, 4) is 5.75 Å². The van der Waals surface area contributed by atoms with Gasteiger partial charge in [0, 0.05) is 36.5 Å². The van der Waals surface area contributed by atoms with Crippen LogP contribution in [0.5, 0.6) is 5.75 Å². The second kappa shape index (κ2) is 8.67. The molecule has 2 rings (SSSR count). The molecule has 0 saturated heterocycles. The highest BCUT2D eigenvalue weighted by atomic mass is 16.5. The van der Waals surface area contributed by atoms with Crippen LogP contribution < -0.4 is 10.1 Å². The van der Waals surface area contributed by atoms with Crippen molar-refractivity contribution in [2.24, 2.45) is 7.05 Å². The van der Waals surface area contributed by atoms with Crippen molar-refractivity contribution in [2.75, 3.05) is 27.7 Å². The first-order chi connectivity index (χ1) is 12.3. The van der Waals surface area contributed by atoms with Gasteiger partial charge >= 0.3 is 0 Å². The molecule has 1 aromatic heterocycles. The second-order valence-electron chi connectivity index (χ2n) is 6.51. The standard InChI is InChI=1S/C20H28N4O2/c1-14-16(15(2)24(5)22-14)11-12-20(25)21-13-18(23(3)4)17-9-7-8-10-19(17)26-6/h7-12,18H,13H2,1-6H3,(H,21,25). The predicted molar refractivity (Wildman–Crippen MR) is 104 cm³/mol. The topological polar surface area (TPSA) is 59.4 Å². The molecule has 6 nitrogen and oxygen atoms in total. The van der Waals surface area contributed by atoms with Crippen LogP contribution in [0.1, 0.15) is 28.6 Å². The molecule has 140 valence electrons. The number of nitrogens with zero attached hydrogens (tertiary/aromatic N) is 3. The number of rotatable bonds is 7. The van der Waals surface area contributed by atoms with Gasteiger partial charge in [0.15, 0.2) is 0 Å². The van der Waals surface area contributed by atoms with Crippen LogP contribution in [-0.4, -0.2) is 48.3 Å². The van der Waals surface area contributed by atoms with Crippen LogP contribution in [0.3, 0.4) is 0 Å². The minimum Gasteiger partial charge on any atom is -0.496 e. The first kappa shape index (κ1) is 19.7. The zero-order chi connectivity index (χ0) is 19.3. The van der Waals surface area contributed by atoms with Gasteiger partial charge in [-0.1, -0.05) is 18.2 Å². The van der Waals surface area contributed by atoms with Crippen molar-refractivity contribution in [2.45, 2.75) is 19.9 Å². The van der Waals surface area contributed by atoms with E-state index in [4.69, 9.17) is 4.74 Å². The summed E-state index contributed by atoms with van der Waals surface area (Å²) in [6.07, 6.45) is 3.38. The SMILES string of the molecule is COc1ccccc1C(CNC(=O)C=Cc1c(C)nn(C)c1C)N(C)C. The molecule has 0 bridgehead atoms. The maximum atomic E-state index is 12.3. The van der Waals surface area contributed by atoms with Gasteiger partial charge in [0.25, 0.3) is 0 Å². The summed E-state index contributed by atoms with van der Waals surface area (Å²) in [5.74, 6) is 0.687. The molecule has 0 spiro atoms. The molecule has 0 saturated carbocycles. The smallest absolute Gasteiger partial charge is 0.244 e. The van der Waals surface area contributed by atoms with Gasteiger partial charge in [-0.05, 0) is 40.1 Å². The van der Waals surface area contributed by atoms with Crippen LogP contribution in [-0.2, 0) is 11.8 Å². The summed E-state index contributed by atoms with van der Waals surface area (Å²) in [6.45, 7) is 4.41. The summed E-state index contributed by atoms with van der Waals surface area (Å²) in [5.41, 5.74) is 3.97. The summed E-state index contributed by atoms with van der Waals surface area (Å²) >= 11 is 0. The third-order valence-electron chi connectivity index (χ3n) is 4.56. The summed E-state index contributed by atoms with van der Waals surface area (Å²) in [6, 6.07) is 7.89. The third-order valence-corrected chi connectivity index (χ3v) is 4.56. The first-order valence-electron chi connectivity index (χ1n) is 8.60. The highest BCUT2D eigenvalue weighted by Crippen LogP contribution is 2.27. The van der Waals surface area contributed by atoms with E-state index in [1.165, 1.54) is 0 Å². The van der Waals surface area contributed by atoms with E-state index in [9.17, 15) is 4.79 Å². The molecule has 0 fully saturated rings. The number of carbonyl (C=O) groups is 1. The van der Waals surface area contributed by atoms with Crippen LogP contribution >= 0.6 is 0 Å². The van der Waals surface area contributed by atoms with Crippen molar-refractivity contribution in [1.82, 2.24) is 20.0 Å². The molecule has 6 heteroatoms.